The summed E-state index contributed by atoms with van der Waals surface area (Å²) in [5.41, 5.74) is -0.986. The highest BCUT2D eigenvalue weighted by molar-refractivity contribution is 5.59. The zero-order valence-corrected chi connectivity index (χ0v) is 20.9. The molecule has 2 aromatic carbocycles. The van der Waals surface area contributed by atoms with E-state index in [1.165, 1.54) is 13.3 Å². The quantitative estimate of drug-likeness (QED) is 0.507. The molecule has 3 aromatic rings. The second kappa shape index (κ2) is 8.59. The molecular formula is C29H31N3O4. The van der Waals surface area contributed by atoms with Crippen LogP contribution in [-0.4, -0.2) is 40.5 Å². The fourth-order valence-electron chi connectivity index (χ4n) is 5.98. The van der Waals surface area contributed by atoms with Gasteiger partial charge in [-0.3, -0.25) is 4.98 Å². The van der Waals surface area contributed by atoms with Crippen molar-refractivity contribution in [3.8, 4) is 17.6 Å². The molecule has 1 aliphatic carbocycles. The van der Waals surface area contributed by atoms with E-state index < -0.39 is 29.1 Å². The van der Waals surface area contributed by atoms with Crippen molar-refractivity contribution in [3.63, 3.8) is 0 Å². The second-order valence-electron chi connectivity index (χ2n) is 10.6. The Balaban J connectivity index is 1.81. The molecule has 0 unspecified atom stereocenters. The number of nitrogens with zero attached hydrogens (tertiary/aromatic N) is 2. The molecule has 1 aromatic heterocycles. The number of nitrogens with one attached hydrogen (secondary N) is 1. The maximum atomic E-state index is 12.8. The average Bonchev–Trinajstić information content (AvgIpc) is 3.25. The van der Waals surface area contributed by atoms with E-state index in [0.717, 1.165) is 5.56 Å². The molecule has 7 nitrogen and oxygen atoms in total. The van der Waals surface area contributed by atoms with Crippen LogP contribution in [0.3, 0.4) is 0 Å². The predicted molar refractivity (Wildman–Crippen MR) is 135 cm³/mol. The summed E-state index contributed by atoms with van der Waals surface area (Å²) in [5, 5.41) is 37.7. The van der Waals surface area contributed by atoms with Crippen LogP contribution < -0.4 is 14.8 Å². The van der Waals surface area contributed by atoms with Crippen molar-refractivity contribution in [2.45, 2.75) is 49.5 Å². The number of methoxy groups -OCH3 is 1. The van der Waals surface area contributed by atoms with Crippen molar-refractivity contribution >= 4 is 0 Å². The molecule has 2 aliphatic rings. The van der Waals surface area contributed by atoms with Gasteiger partial charge in [-0.2, -0.15) is 5.26 Å². The zero-order chi connectivity index (χ0) is 25.7. The lowest BCUT2D eigenvalue weighted by atomic mass is 9.70. The first kappa shape index (κ1) is 24.3. The molecule has 5 atom stereocenters. The van der Waals surface area contributed by atoms with E-state index in [-0.39, 0.29) is 5.54 Å². The highest BCUT2D eigenvalue weighted by Gasteiger charge is 2.76. The zero-order valence-electron chi connectivity index (χ0n) is 20.9. The van der Waals surface area contributed by atoms with Crippen molar-refractivity contribution in [1.29, 1.82) is 5.26 Å². The molecule has 0 radical (unpaired) electrons. The van der Waals surface area contributed by atoms with E-state index >= 15 is 0 Å². The molecule has 0 bridgehead atoms. The van der Waals surface area contributed by atoms with Crippen LogP contribution in [0.5, 0.6) is 11.5 Å². The number of aliphatic hydroxyl groups is 2. The lowest BCUT2D eigenvalue weighted by Gasteiger charge is -2.41. The van der Waals surface area contributed by atoms with Crippen LogP contribution in [0.4, 0.5) is 0 Å². The van der Waals surface area contributed by atoms with Crippen molar-refractivity contribution in [3.05, 3.63) is 89.2 Å². The van der Waals surface area contributed by atoms with E-state index in [1.807, 2.05) is 30.3 Å². The maximum Gasteiger partial charge on any atom is 0.177 e. The van der Waals surface area contributed by atoms with Crippen LogP contribution in [-0.2, 0) is 11.2 Å². The van der Waals surface area contributed by atoms with Crippen LogP contribution in [0.1, 0.15) is 48.9 Å². The Kier molecular flexibility index (Phi) is 5.79. The molecule has 186 valence electrons. The minimum absolute atomic E-state index is 0.205. The van der Waals surface area contributed by atoms with E-state index in [1.54, 1.807) is 30.5 Å². The van der Waals surface area contributed by atoms with Gasteiger partial charge >= 0.3 is 0 Å². The van der Waals surface area contributed by atoms with Crippen LogP contribution in [0.15, 0.2) is 67.0 Å². The van der Waals surface area contributed by atoms with E-state index in [9.17, 15) is 15.5 Å². The summed E-state index contributed by atoms with van der Waals surface area (Å²) in [7, 11) is 1.51. The third-order valence-electron chi connectivity index (χ3n) is 7.48. The number of fused-ring (bicyclic) bond motifs is 3. The smallest absolute Gasteiger partial charge is 0.177 e. The monoisotopic (exact) mass is 485 g/mol. The third-order valence-corrected chi connectivity index (χ3v) is 7.48. The van der Waals surface area contributed by atoms with Crippen LogP contribution in [0, 0.1) is 17.2 Å². The highest BCUT2D eigenvalue weighted by atomic mass is 16.5. The Morgan fingerprint density at radius 1 is 1.11 bits per heavy atom. The molecule has 7 heteroatoms. The molecule has 0 spiro atoms. The van der Waals surface area contributed by atoms with Crippen LogP contribution >= 0.6 is 0 Å². The molecule has 0 saturated heterocycles. The highest BCUT2D eigenvalue weighted by Crippen LogP contribution is 2.69. The van der Waals surface area contributed by atoms with Crippen LogP contribution in [0.2, 0.25) is 0 Å². The standard InChI is InChI=1S/C29H31N3O4/c1-27(2,3)32-15-21-24(19-8-6-5-7-9-19)29(20-12-10-18(14-30)11-13-20)28(34,26(21)33)25-22(35-4)16-31-17-23(25)36-29/h5-13,16-17,21,24,26,32-34H,15H2,1-4H3/t21-,24-,26-,28+,29+/m1/s1. The molecule has 1 fully saturated rings. The van der Waals surface area contributed by atoms with Crippen molar-refractivity contribution in [1.82, 2.24) is 10.3 Å². The summed E-state index contributed by atoms with van der Waals surface area (Å²) in [6.07, 6.45) is 1.88. The molecular weight excluding hydrogens is 454 g/mol. The van der Waals surface area contributed by atoms with Gasteiger partial charge in [-0.15, -0.1) is 0 Å². The Labute approximate surface area is 211 Å². The summed E-state index contributed by atoms with van der Waals surface area (Å²) in [5.74, 6) is -0.152. The van der Waals surface area contributed by atoms with Crippen molar-refractivity contribution in [2.75, 3.05) is 13.7 Å². The van der Waals surface area contributed by atoms with Gasteiger partial charge in [0.2, 0.25) is 0 Å². The Morgan fingerprint density at radius 2 is 1.81 bits per heavy atom. The van der Waals surface area contributed by atoms with Crippen LogP contribution in [0.25, 0.3) is 0 Å². The molecule has 0 amide bonds. The van der Waals surface area contributed by atoms with Crippen molar-refractivity contribution < 1.29 is 19.7 Å². The molecule has 3 N–H and O–H groups in total. The molecule has 1 aliphatic heterocycles. The van der Waals surface area contributed by atoms with Gasteiger partial charge in [0.15, 0.2) is 11.2 Å². The summed E-state index contributed by atoms with van der Waals surface area (Å²) in [6, 6.07) is 19.0. The maximum absolute atomic E-state index is 12.8. The van der Waals surface area contributed by atoms with Gasteiger partial charge in [-0.1, -0.05) is 42.5 Å². The number of hydrogen-bond donors (Lipinski definition) is 3. The third kappa shape index (κ3) is 3.40. The van der Waals surface area contributed by atoms with Crippen molar-refractivity contribution in [2.24, 2.45) is 5.92 Å². The predicted octanol–water partition coefficient (Wildman–Crippen LogP) is 3.60. The van der Waals surface area contributed by atoms with Gasteiger partial charge in [-0.25, -0.2) is 0 Å². The number of aromatic nitrogens is 1. The van der Waals surface area contributed by atoms with Gasteiger partial charge in [-0.05, 0) is 44.0 Å². The Morgan fingerprint density at radius 3 is 2.42 bits per heavy atom. The van der Waals surface area contributed by atoms with Gasteiger partial charge in [0, 0.05) is 23.9 Å². The number of rotatable bonds is 5. The number of hydrogen-bond acceptors (Lipinski definition) is 7. The molecule has 2 heterocycles. The second-order valence-corrected chi connectivity index (χ2v) is 10.6. The van der Waals surface area contributed by atoms with Gasteiger partial charge in [0.05, 0.1) is 42.8 Å². The number of aliphatic hydroxyl groups excluding tert-OH is 1. The van der Waals surface area contributed by atoms with Gasteiger partial charge in [0.1, 0.15) is 11.5 Å². The van der Waals surface area contributed by atoms with E-state index in [4.69, 9.17) is 9.47 Å². The fourth-order valence-corrected chi connectivity index (χ4v) is 5.98. The number of ether oxygens (including phenoxy) is 2. The molecule has 36 heavy (non-hydrogen) atoms. The number of pyridine rings is 1. The Bertz CT molecular complexity index is 1300. The minimum Gasteiger partial charge on any atom is -0.495 e. The van der Waals surface area contributed by atoms with E-state index in [2.05, 4.69) is 37.1 Å². The summed E-state index contributed by atoms with van der Waals surface area (Å²) < 4.78 is 12.4. The Hall–Kier alpha value is -3.44. The molecule has 1 saturated carbocycles. The summed E-state index contributed by atoms with van der Waals surface area (Å²) >= 11 is 0. The minimum atomic E-state index is -1.85. The summed E-state index contributed by atoms with van der Waals surface area (Å²) in [4.78, 5) is 4.25. The SMILES string of the molecule is COc1cncc2c1[C@]1(O)[C@H](O)[C@H](CNC(C)(C)C)[C@@H](c3ccccc3)[C@]1(c1ccc(C#N)cc1)O2. The topological polar surface area (TPSA) is 108 Å². The summed E-state index contributed by atoms with van der Waals surface area (Å²) in [6.45, 7) is 6.64. The normalized spacial score (nSPS) is 28.6. The number of benzene rings is 2. The first-order valence-electron chi connectivity index (χ1n) is 12.1. The first-order valence-corrected chi connectivity index (χ1v) is 12.1. The fraction of sp³-hybridized carbons (Fsp3) is 0.379. The first-order chi connectivity index (χ1) is 17.2. The number of nitriles is 1. The van der Waals surface area contributed by atoms with Gasteiger partial charge in [0.25, 0.3) is 0 Å². The average molecular weight is 486 g/mol. The lowest BCUT2D eigenvalue weighted by molar-refractivity contribution is -0.152. The molecule has 5 rings (SSSR count). The van der Waals surface area contributed by atoms with Gasteiger partial charge < -0.3 is 25.0 Å². The van der Waals surface area contributed by atoms with E-state index in [0.29, 0.717) is 34.7 Å². The largest absolute Gasteiger partial charge is 0.495 e. The lowest BCUT2D eigenvalue weighted by Crippen LogP contribution is -2.52.